The van der Waals surface area contributed by atoms with Crippen molar-refractivity contribution in [3.8, 4) is 11.5 Å². The van der Waals surface area contributed by atoms with Crippen molar-refractivity contribution >= 4 is 28.5 Å². The smallest absolute Gasteiger partial charge is 0.264 e. The third-order valence-electron chi connectivity index (χ3n) is 6.25. The van der Waals surface area contributed by atoms with Gasteiger partial charge in [-0.2, -0.15) is 5.10 Å². The lowest BCUT2D eigenvalue weighted by atomic mass is 10.1. The quantitative estimate of drug-likeness (QED) is 0.376. The third kappa shape index (κ3) is 4.92. The molecule has 4 heterocycles. The number of aryl methyl sites for hydroxylation is 1. The molecule has 3 aromatic heterocycles. The fraction of sp³-hybridized carbons (Fsp3) is 0.320. The van der Waals surface area contributed by atoms with Crippen molar-refractivity contribution in [1.82, 2.24) is 24.6 Å². The first-order chi connectivity index (χ1) is 16.9. The van der Waals surface area contributed by atoms with Crippen molar-refractivity contribution in [3.63, 3.8) is 0 Å². The van der Waals surface area contributed by atoms with Crippen molar-refractivity contribution in [1.29, 1.82) is 0 Å². The molecule has 182 valence electrons. The molecule has 5 rings (SSSR count). The van der Waals surface area contributed by atoms with Crippen LogP contribution < -0.4 is 0 Å². The Kier molecular flexibility index (Phi) is 6.53. The maximum atomic E-state index is 13.9. The third-order valence-corrected chi connectivity index (χ3v) is 6.50. The van der Waals surface area contributed by atoms with Crippen LogP contribution in [0.15, 0.2) is 53.1 Å². The molecule has 0 aliphatic carbocycles. The van der Waals surface area contributed by atoms with E-state index in [1.54, 1.807) is 24.0 Å². The van der Waals surface area contributed by atoms with E-state index in [0.29, 0.717) is 29.6 Å². The molecule has 0 atom stereocenters. The van der Waals surface area contributed by atoms with Crippen LogP contribution in [0.3, 0.4) is 0 Å². The summed E-state index contributed by atoms with van der Waals surface area (Å²) in [6.45, 7) is 5.01. The Labute approximate surface area is 205 Å². The molecular weight excluding hydrogens is 476 g/mol. The van der Waals surface area contributed by atoms with E-state index in [-0.39, 0.29) is 34.7 Å². The van der Waals surface area contributed by atoms with E-state index >= 15 is 0 Å². The van der Waals surface area contributed by atoms with Crippen LogP contribution in [-0.2, 0) is 17.9 Å². The van der Waals surface area contributed by atoms with E-state index in [2.05, 4.69) is 15.0 Å². The molecule has 0 bridgehead atoms. The molecule has 0 unspecified atom stereocenters. The lowest BCUT2D eigenvalue weighted by Gasteiger charge is -2.34. The summed E-state index contributed by atoms with van der Waals surface area (Å²) in [6.07, 6.45) is -1.25. The molecule has 10 heteroatoms. The molecule has 0 saturated carbocycles. The molecule has 0 N–H and O–H groups in total. The molecule has 1 aliphatic rings. The molecule has 1 aliphatic heterocycles. The van der Waals surface area contributed by atoms with Gasteiger partial charge in [-0.15, -0.1) is 0 Å². The van der Waals surface area contributed by atoms with Crippen LogP contribution in [0.25, 0.3) is 22.5 Å². The number of hydrogen-bond donors (Lipinski definition) is 0. The van der Waals surface area contributed by atoms with Gasteiger partial charge in [0.25, 0.3) is 6.43 Å². The zero-order valence-corrected chi connectivity index (χ0v) is 19.9. The number of nitrogens with zero attached hydrogens (tertiary/aromatic N) is 5. The summed E-state index contributed by atoms with van der Waals surface area (Å²) in [5.41, 5.74) is 1.94. The Balaban J connectivity index is 1.32. The lowest BCUT2D eigenvalue weighted by Crippen LogP contribution is -2.49. The van der Waals surface area contributed by atoms with E-state index in [1.807, 2.05) is 24.3 Å². The van der Waals surface area contributed by atoms with Crippen molar-refractivity contribution in [2.45, 2.75) is 26.4 Å². The van der Waals surface area contributed by atoms with Gasteiger partial charge >= 0.3 is 0 Å². The number of alkyl halides is 2. The van der Waals surface area contributed by atoms with Gasteiger partial charge < -0.3 is 9.32 Å². The van der Waals surface area contributed by atoms with Crippen LogP contribution in [0, 0.1) is 6.92 Å². The summed E-state index contributed by atoms with van der Waals surface area (Å²) in [5.74, 6) is 0.256. The van der Waals surface area contributed by atoms with Gasteiger partial charge in [0, 0.05) is 43.3 Å². The highest BCUT2D eigenvalue weighted by Crippen LogP contribution is 2.33. The standard InChI is InChI=1S/C25H24ClF2N5O2/c1-16-23-19(24(27)28)13-20(21-3-2-12-35-21)29-25(23)33(30-16)15-22(34)32-10-8-31(9-11-32)14-17-4-6-18(26)7-5-17/h2-7,12-13,24H,8-11,14-15H2,1H3. The van der Waals surface area contributed by atoms with Crippen LogP contribution >= 0.6 is 11.6 Å². The number of piperazine rings is 1. The van der Waals surface area contributed by atoms with Gasteiger partial charge in [0.2, 0.25) is 5.91 Å². The summed E-state index contributed by atoms with van der Waals surface area (Å²) < 4.78 is 34.6. The molecule has 35 heavy (non-hydrogen) atoms. The highest BCUT2D eigenvalue weighted by atomic mass is 35.5. The second-order valence-corrected chi connectivity index (χ2v) is 9.04. The Bertz CT molecular complexity index is 1330. The Morgan fingerprint density at radius 3 is 2.54 bits per heavy atom. The maximum Gasteiger partial charge on any atom is 0.264 e. The van der Waals surface area contributed by atoms with Crippen molar-refractivity contribution in [2.24, 2.45) is 0 Å². The Morgan fingerprint density at radius 2 is 1.89 bits per heavy atom. The first-order valence-electron chi connectivity index (χ1n) is 11.3. The van der Waals surface area contributed by atoms with Crippen molar-refractivity contribution < 1.29 is 18.0 Å². The number of hydrogen-bond acceptors (Lipinski definition) is 5. The minimum Gasteiger partial charge on any atom is -0.463 e. The summed E-state index contributed by atoms with van der Waals surface area (Å²) in [4.78, 5) is 21.7. The van der Waals surface area contributed by atoms with Gasteiger partial charge in [-0.1, -0.05) is 23.7 Å². The van der Waals surface area contributed by atoms with Crippen LogP contribution in [-0.4, -0.2) is 56.7 Å². The molecule has 1 amide bonds. The zero-order chi connectivity index (χ0) is 24.5. The fourth-order valence-corrected chi connectivity index (χ4v) is 4.58. The topological polar surface area (TPSA) is 67.4 Å². The average Bonchev–Trinajstić information content (AvgIpc) is 3.49. The van der Waals surface area contributed by atoms with Crippen LogP contribution in [0.2, 0.25) is 5.02 Å². The van der Waals surface area contributed by atoms with Crippen LogP contribution in [0.5, 0.6) is 0 Å². The number of fused-ring (bicyclic) bond motifs is 1. The van der Waals surface area contributed by atoms with Gasteiger partial charge in [0.15, 0.2) is 11.4 Å². The molecule has 0 radical (unpaired) electrons. The second-order valence-electron chi connectivity index (χ2n) is 8.60. The zero-order valence-electron chi connectivity index (χ0n) is 19.1. The molecule has 4 aromatic rings. The SMILES string of the molecule is Cc1nn(CC(=O)N2CCN(Cc3ccc(Cl)cc3)CC2)c2nc(-c3ccco3)cc(C(F)F)c12. The lowest BCUT2D eigenvalue weighted by molar-refractivity contribution is -0.133. The van der Waals surface area contributed by atoms with E-state index in [4.69, 9.17) is 16.0 Å². The summed E-state index contributed by atoms with van der Waals surface area (Å²) in [5, 5.41) is 5.37. The van der Waals surface area contributed by atoms with Crippen LogP contribution in [0.1, 0.15) is 23.2 Å². The summed E-state index contributed by atoms with van der Waals surface area (Å²) >= 11 is 5.96. The maximum absolute atomic E-state index is 13.9. The first kappa shape index (κ1) is 23.4. The molecular formula is C25H24ClF2N5O2. The molecule has 1 fully saturated rings. The molecule has 7 nitrogen and oxygen atoms in total. The summed E-state index contributed by atoms with van der Waals surface area (Å²) in [6, 6.07) is 12.4. The molecule has 1 aromatic carbocycles. The fourth-order valence-electron chi connectivity index (χ4n) is 4.45. The van der Waals surface area contributed by atoms with Gasteiger partial charge in [0.05, 0.1) is 17.3 Å². The number of furan rings is 1. The first-order valence-corrected chi connectivity index (χ1v) is 11.7. The number of amides is 1. The normalized spacial score (nSPS) is 14.8. The highest BCUT2D eigenvalue weighted by Gasteiger charge is 2.25. The number of carbonyl (C=O) groups is 1. The number of aromatic nitrogens is 3. The predicted octanol–water partition coefficient (Wildman–Crippen LogP) is 4.94. The van der Waals surface area contributed by atoms with Gasteiger partial charge in [-0.25, -0.2) is 18.4 Å². The van der Waals surface area contributed by atoms with E-state index in [1.165, 1.54) is 22.6 Å². The van der Waals surface area contributed by atoms with Crippen molar-refractivity contribution in [3.05, 3.63) is 70.6 Å². The Morgan fingerprint density at radius 1 is 1.14 bits per heavy atom. The highest BCUT2D eigenvalue weighted by molar-refractivity contribution is 6.30. The van der Waals surface area contributed by atoms with Crippen molar-refractivity contribution in [2.75, 3.05) is 26.2 Å². The van der Waals surface area contributed by atoms with E-state index in [0.717, 1.165) is 19.6 Å². The average molecular weight is 500 g/mol. The predicted molar refractivity (Wildman–Crippen MR) is 128 cm³/mol. The number of rotatable bonds is 6. The largest absolute Gasteiger partial charge is 0.463 e. The molecule has 1 saturated heterocycles. The molecule has 0 spiro atoms. The second kappa shape index (κ2) is 9.75. The van der Waals surface area contributed by atoms with Crippen LogP contribution in [0.4, 0.5) is 8.78 Å². The minimum absolute atomic E-state index is 0.0706. The minimum atomic E-state index is -2.71. The van der Waals surface area contributed by atoms with Gasteiger partial charge in [-0.05, 0) is 42.8 Å². The van der Waals surface area contributed by atoms with Gasteiger partial charge in [-0.3, -0.25) is 9.69 Å². The number of carbonyl (C=O) groups excluding carboxylic acids is 1. The monoisotopic (exact) mass is 499 g/mol. The van der Waals surface area contributed by atoms with E-state index in [9.17, 15) is 13.6 Å². The number of benzene rings is 1. The number of halogens is 3. The van der Waals surface area contributed by atoms with E-state index < -0.39 is 6.43 Å². The van der Waals surface area contributed by atoms with Gasteiger partial charge in [0.1, 0.15) is 12.2 Å². The Hall–Kier alpha value is -3.30. The summed E-state index contributed by atoms with van der Waals surface area (Å²) in [7, 11) is 0. The number of pyridine rings is 1.